The SMILES string of the molecule is c1ccc2cc(-c3nc(-c4ccc(-c5cccc6ccccc56)cc4)nc(-c4ccc5c(c4)oc4ccccc45)n3)ccc2c1. The first-order valence-corrected chi connectivity index (χ1v) is 15.0. The van der Waals surface area contributed by atoms with Gasteiger partial charge in [-0.3, -0.25) is 0 Å². The summed E-state index contributed by atoms with van der Waals surface area (Å²) in [4.78, 5) is 15.0. The van der Waals surface area contributed by atoms with Crippen LogP contribution >= 0.6 is 0 Å². The summed E-state index contributed by atoms with van der Waals surface area (Å²) in [6, 6.07) is 52.4. The van der Waals surface area contributed by atoms with E-state index in [1.807, 2.05) is 24.3 Å². The topological polar surface area (TPSA) is 51.8 Å². The molecule has 210 valence electrons. The average molecular weight is 576 g/mol. The van der Waals surface area contributed by atoms with E-state index in [9.17, 15) is 0 Å². The molecule has 0 radical (unpaired) electrons. The number of fused-ring (bicyclic) bond motifs is 5. The Kier molecular flexibility index (Phi) is 5.78. The Bertz CT molecular complexity index is 2540. The molecular weight excluding hydrogens is 550 g/mol. The summed E-state index contributed by atoms with van der Waals surface area (Å²) >= 11 is 0. The van der Waals surface area contributed by atoms with Crippen LogP contribution in [0.2, 0.25) is 0 Å². The van der Waals surface area contributed by atoms with Crippen LogP contribution in [-0.4, -0.2) is 15.0 Å². The lowest BCUT2D eigenvalue weighted by molar-refractivity contribution is 0.669. The maximum Gasteiger partial charge on any atom is 0.164 e. The lowest BCUT2D eigenvalue weighted by atomic mass is 9.97. The van der Waals surface area contributed by atoms with E-state index >= 15 is 0 Å². The minimum Gasteiger partial charge on any atom is -0.456 e. The zero-order valence-electron chi connectivity index (χ0n) is 24.2. The van der Waals surface area contributed by atoms with Gasteiger partial charge >= 0.3 is 0 Å². The summed E-state index contributed by atoms with van der Waals surface area (Å²) in [5.41, 5.74) is 6.76. The second-order valence-corrected chi connectivity index (χ2v) is 11.3. The van der Waals surface area contributed by atoms with E-state index in [1.165, 1.54) is 21.7 Å². The summed E-state index contributed by atoms with van der Waals surface area (Å²) < 4.78 is 6.21. The van der Waals surface area contributed by atoms with Gasteiger partial charge in [0.25, 0.3) is 0 Å². The van der Waals surface area contributed by atoms with Crippen LogP contribution in [-0.2, 0) is 0 Å². The quantitative estimate of drug-likeness (QED) is 0.209. The Morgan fingerprint density at radius 1 is 0.333 bits per heavy atom. The van der Waals surface area contributed by atoms with Crippen molar-refractivity contribution in [2.75, 3.05) is 0 Å². The molecule has 0 saturated heterocycles. The van der Waals surface area contributed by atoms with Crippen molar-refractivity contribution >= 4 is 43.5 Å². The number of aromatic nitrogens is 3. The maximum atomic E-state index is 6.21. The van der Waals surface area contributed by atoms with Crippen LogP contribution in [0.1, 0.15) is 0 Å². The summed E-state index contributed by atoms with van der Waals surface area (Å²) in [6.07, 6.45) is 0. The summed E-state index contributed by atoms with van der Waals surface area (Å²) in [5, 5.41) is 6.94. The number of benzene rings is 7. The summed E-state index contributed by atoms with van der Waals surface area (Å²) in [5.74, 6) is 1.85. The maximum absolute atomic E-state index is 6.21. The fraction of sp³-hybridized carbons (Fsp3) is 0. The third kappa shape index (κ3) is 4.43. The second kappa shape index (κ2) is 10.2. The van der Waals surface area contributed by atoms with Crippen LogP contribution in [0.3, 0.4) is 0 Å². The minimum atomic E-state index is 0.601. The van der Waals surface area contributed by atoms with Crippen molar-refractivity contribution in [1.29, 1.82) is 0 Å². The minimum absolute atomic E-state index is 0.601. The number of rotatable bonds is 4. The Labute approximate surface area is 259 Å². The zero-order valence-corrected chi connectivity index (χ0v) is 24.2. The molecule has 2 heterocycles. The van der Waals surface area contributed by atoms with Crippen LogP contribution in [0.15, 0.2) is 156 Å². The van der Waals surface area contributed by atoms with Gasteiger partial charge in [-0.1, -0.05) is 127 Å². The predicted molar refractivity (Wildman–Crippen MR) is 184 cm³/mol. The molecule has 0 aliphatic carbocycles. The molecule has 0 aliphatic rings. The van der Waals surface area contributed by atoms with E-state index in [1.54, 1.807) is 0 Å². The first-order valence-electron chi connectivity index (χ1n) is 15.0. The van der Waals surface area contributed by atoms with Crippen LogP contribution in [0.5, 0.6) is 0 Å². The highest BCUT2D eigenvalue weighted by molar-refractivity contribution is 6.05. The average Bonchev–Trinajstić information content (AvgIpc) is 3.49. The van der Waals surface area contributed by atoms with Crippen molar-refractivity contribution in [3.63, 3.8) is 0 Å². The molecule has 0 saturated carbocycles. The van der Waals surface area contributed by atoms with Gasteiger partial charge in [0.15, 0.2) is 17.5 Å². The van der Waals surface area contributed by atoms with Crippen LogP contribution in [0.25, 0.3) is 88.8 Å². The van der Waals surface area contributed by atoms with Crippen LogP contribution in [0.4, 0.5) is 0 Å². The molecule has 4 heteroatoms. The second-order valence-electron chi connectivity index (χ2n) is 11.3. The molecule has 7 aromatic carbocycles. The van der Waals surface area contributed by atoms with Gasteiger partial charge in [0.1, 0.15) is 11.2 Å². The normalized spacial score (nSPS) is 11.6. The van der Waals surface area contributed by atoms with E-state index in [4.69, 9.17) is 19.4 Å². The lowest BCUT2D eigenvalue weighted by Crippen LogP contribution is -2.00. The van der Waals surface area contributed by atoms with Crippen molar-refractivity contribution in [3.05, 3.63) is 152 Å². The number of hydrogen-bond acceptors (Lipinski definition) is 4. The van der Waals surface area contributed by atoms with Crippen molar-refractivity contribution < 1.29 is 4.42 Å². The fourth-order valence-electron chi connectivity index (χ4n) is 6.23. The van der Waals surface area contributed by atoms with Gasteiger partial charge < -0.3 is 4.42 Å². The van der Waals surface area contributed by atoms with Gasteiger partial charge in [0.05, 0.1) is 0 Å². The van der Waals surface area contributed by atoms with Crippen molar-refractivity contribution in [3.8, 4) is 45.3 Å². The van der Waals surface area contributed by atoms with Gasteiger partial charge in [-0.15, -0.1) is 0 Å². The van der Waals surface area contributed by atoms with Crippen molar-refractivity contribution in [2.45, 2.75) is 0 Å². The molecule has 0 bridgehead atoms. The molecule has 0 N–H and O–H groups in total. The molecule has 0 amide bonds. The number of hydrogen-bond donors (Lipinski definition) is 0. The third-order valence-electron chi connectivity index (χ3n) is 8.52. The highest BCUT2D eigenvalue weighted by Gasteiger charge is 2.15. The van der Waals surface area contributed by atoms with Crippen molar-refractivity contribution in [2.24, 2.45) is 0 Å². The Morgan fingerprint density at radius 3 is 1.71 bits per heavy atom. The predicted octanol–water partition coefficient (Wildman–Crippen LogP) is 10.7. The Hall–Kier alpha value is -6.13. The highest BCUT2D eigenvalue weighted by atomic mass is 16.3. The lowest BCUT2D eigenvalue weighted by Gasteiger charge is -2.10. The molecule has 45 heavy (non-hydrogen) atoms. The van der Waals surface area contributed by atoms with Crippen molar-refractivity contribution in [1.82, 2.24) is 15.0 Å². The number of furan rings is 1. The van der Waals surface area contributed by atoms with E-state index in [0.717, 1.165) is 49.6 Å². The smallest absolute Gasteiger partial charge is 0.164 e. The molecule has 0 fully saturated rings. The largest absolute Gasteiger partial charge is 0.456 e. The van der Waals surface area contributed by atoms with Crippen LogP contribution < -0.4 is 0 Å². The Morgan fingerprint density at radius 2 is 0.889 bits per heavy atom. The standard InChI is InChI=1S/C41H25N3O/c1-2-10-30-24-31(21-16-26(30)8-1)40-42-39(29-19-17-28(18-20-29)34-14-7-11-27-9-3-4-12-33(27)34)43-41(44-40)32-22-23-36-35-13-5-6-15-37(35)45-38(36)25-32/h1-25H. The highest BCUT2D eigenvalue weighted by Crippen LogP contribution is 2.34. The third-order valence-corrected chi connectivity index (χ3v) is 8.52. The van der Waals surface area contributed by atoms with Gasteiger partial charge in [0.2, 0.25) is 0 Å². The molecule has 0 aliphatic heterocycles. The number of nitrogens with zero attached hydrogens (tertiary/aromatic N) is 3. The monoisotopic (exact) mass is 575 g/mol. The molecule has 4 nitrogen and oxygen atoms in total. The molecule has 0 spiro atoms. The number of para-hydroxylation sites is 1. The molecule has 9 aromatic rings. The van der Waals surface area contributed by atoms with Gasteiger partial charge in [0, 0.05) is 27.5 Å². The first kappa shape index (κ1) is 25.4. The molecule has 0 unspecified atom stereocenters. The van der Waals surface area contributed by atoms with E-state index in [2.05, 4.69) is 127 Å². The molecule has 9 rings (SSSR count). The van der Waals surface area contributed by atoms with E-state index in [-0.39, 0.29) is 0 Å². The molecular formula is C41H25N3O. The van der Waals surface area contributed by atoms with Crippen LogP contribution in [0, 0.1) is 0 Å². The van der Waals surface area contributed by atoms with Gasteiger partial charge in [-0.05, 0) is 56.9 Å². The molecule has 0 atom stereocenters. The van der Waals surface area contributed by atoms with Gasteiger partial charge in [-0.25, -0.2) is 15.0 Å². The summed E-state index contributed by atoms with van der Waals surface area (Å²) in [6.45, 7) is 0. The first-order chi connectivity index (χ1) is 22.3. The zero-order chi connectivity index (χ0) is 29.7. The van der Waals surface area contributed by atoms with E-state index in [0.29, 0.717) is 17.5 Å². The fourth-order valence-corrected chi connectivity index (χ4v) is 6.23. The summed E-state index contributed by atoms with van der Waals surface area (Å²) in [7, 11) is 0. The molecule has 2 aromatic heterocycles. The van der Waals surface area contributed by atoms with E-state index < -0.39 is 0 Å². The van der Waals surface area contributed by atoms with Gasteiger partial charge in [-0.2, -0.15) is 0 Å². The Balaban J connectivity index is 1.19.